The van der Waals surface area contributed by atoms with Crippen LogP contribution in [0.25, 0.3) is 21.3 Å². The fourth-order valence-electron chi connectivity index (χ4n) is 1.91. The Kier molecular flexibility index (Phi) is 2.57. The van der Waals surface area contributed by atoms with Gasteiger partial charge < -0.3 is 5.11 Å². The molecule has 0 fully saturated rings. The van der Waals surface area contributed by atoms with Gasteiger partial charge in [0.15, 0.2) is 5.69 Å². The molecule has 0 aliphatic carbocycles. The molecule has 0 atom stereocenters. The number of aromatic nitrogens is 1. The van der Waals surface area contributed by atoms with Crippen LogP contribution in [0.2, 0.25) is 0 Å². The average molecular weight is 255 g/mol. The van der Waals surface area contributed by atoms with E-state index in [0.29, 0.717) is 0 Å². The second-order valence-electron chi connectivity index (χ2n) is 3.87. The third kappa shape index (κ3) is 1.76. The van der Waals surface area contributed by atoms with E-state index in [0.717, 1.165) is 21.3 Å². The summed E-state index contributed by atoms with van der Waals surface area (Å²) in [6, 6.07) is 14.0. The van der Waals surface area contributed by atoms with Crippen molar-refractivity contribution >= 4 is 28.1 Å². The number of fused-ring (bicyclic) bond motifs is 1. The highest BCUT2D eigenvalue weighted by molar-refractivity contribution is 7.13. The summed E-state index contributed by atoms with van der Waals surface area (Å²) < 4.78 is 0. The molecular weight excluding hydrogens is 246 g/mol. The van der Waals surface area contributed by atoms with Gasteiger partial charge in [-0.25, -0.2) is 9.78 Å². The lowest BCUT2D eigenvalue weighted by molar-refractivity contribution is 0.0691. The second-order valence-corrected chi connectivity index (χ2v) is 4.73. The van der Waals surface area contributed by atoms with Crippen LogP contribution in [-0.2, 0) is 0 Å². The number of thiazole rings is 1. The number of hydrogen-bond donors (Lipinski definition) is 1. The molecular formula is C14H9NO2S. The van der Waals surface area contributed by atoms with Crippen LogP contribution < -0.4 is 0 Å². The highest BCUT2D eigenvalue weighted by atomic mass is 32.1. The van der Waals surface area contributed by atoms with Gasteiger partial charge in [0.25, 0.3) is 0 Å². The van der Waals surface area contributed by atoms with E-state index in [-0.39, 0.29) is 5.69 Å². The van der Waals surface area contributed by atoms with Crippen LogP contribution in [0.1, 0.15) is 10.5 Å². The molecule has 0 unspecified atom stereocenters. The lowest BCUT2D eigenvalue weighted by Gasteiger charge is -2.02. The van der Waals surface area contributed by atoms with Crippen molar-refractivity contribution in [1.82, 2.24) is 4.98 Å². The predicted octanol–water partition coefficient (Wildman–Crippen LogP) is 3.66. The first-order valence-electron chi connectivity index (χ1n) is 5.42. The fraction of sp³-hybridized carbons (Fsp3) is 0. The zero-order valence-electron chi connectivity index (χ0n) is 9.33. The Hall–Kier alpha value is -2.20. The van der Waals surface area contributed by atoms with E-state index in [4.69, 9.17) is 5.11 Å². The van der Waals surface area contributed by atoms with Crippen molar-refractivity contribution in [3.8, 4) is 10.6 Å². The van der Waals surface area contributed by atoms with Crippen molar-refractivity contribution in [2.75, 3.05) is 0 Å². The number of rotatable bonds is 2. The Morgan fingerprint density at radius 3 is 2.67 bits per heavy atom. The Labute approximate surface area is 107 Å². The van der Waals surface area contributed by atoms with Gasteiger partial charge >= 0.3 is 5.97 Å². The van der Waals surface area contributed by atoms with Gasteiger partial charge in [-0.15, -0.1) is 11.3 Å². The van der Waals surface area contributed by atoms with E-state index in [2.05, 4.69) is 4.98 Å². The van der Waals surface area contributed by atoms with Gasteiger partial charge in [0.05, 0.1) is 0 Å². The normalized spacial score (nSPS) is 10.7. The zero-order chi connectivity index (χ0) is 12.5. The third-order valence-corrected chi connectivity index (χ3v) is 3.62. The maximum Gasteiger partial charge on any atom is 0.355 e. The maximum absolute atomic E-state index is 10.9. The van der Waals surface area contributed by atoms with Gasteiger partial charge in [-0.3, -0.25) is 0 Å². The van der Waals surface area contributed by atoms with Crippen LogP contribution >= 0.6 is 11.3 Å². The average Bonchev–Trinajstić information content (AvgIpc) is 2.87. The third-order valence-electron chi connectivity index (χ3n) is 2.74. The monoisotopic (exact) mass is 255 g/mol. The van der Waals surface area contributed by atoms with Crippen molar-refractivity contribution in [3.63, 3.8) is 0 Å². The summed E-state index contributed by atoms with van der Waals surface area (Å²) in [7, 11) is 0. The highest BCUT2D eigenvalue weighted by Crippen LogP contribution is 2.30. The molecule has 0 aliphatic rings. The predicted molar refractivity (Wildman–Crippen MR) is 72.0 cm³/mol. The molecule has 2 aromatic carbocycles. The van der Waals surface area contributed by atoms with Crippen molar-refractivity contribution in [2.45, 2.75) is 0 Å². The van der Waals surface area contributed by atoms with E-state index in [1.807, 2.05) is 42.5 Å². The SMILES string of the molecule is O=C(O)c1csc(-c2cccc3ccccc23)n1. The minimum absolute atomic E-state index is 0.0999. The molecule has 0 radical (unpaired) electrons. The first-order valence-corrected chi connectivity index (χ1v) is 6.30. The van der Waals surface area contributed by atoms with Gasteiger partial charge in [0.2, 0.25) is 0 Å². The molecule has 1 aromatic heterocycles. The minimum Gasteiger partial charge on any atom is -0.476 e. The van der Waals surface area contributed by atoms with E-state index >= 15 is 0 Å². The molecule has 0 spiro atoms. The molecule has 0 saturated carbocycles. The number of carbonyl (C=O) groups is 1. The summed E-state index contributed by atoms with van der Waals surface area (Å²) in [6.45, 7) is 0. The Balaban J connectivity index is 2.21. The molecule has 1 heterocycles. The number of hydrogen-bond acceptors (Lipinski definition) is 3. The number of carboxylic acid groups (broad SMARTS) is 1. The fourth-order valence-corrected chi connectivity index (χ4v) is 2.74. The largest absolute Gasteiger partial charge is 0.476 e. The second kappa shape index (κ2) is 4.23. The van der Waals surface area contributed by atoms with E-state index in [1.54, 1.807) is 5.38 Å². The molecule has 88 valence electrons. The smallest absolute Gasteiger partial charge is 0.355 e. The maximum atomic E-state index is 10.9. The lowest BCUT2D eigenvalue weighted by Crippen LogP contribution is -1.95. The molecule has 0 amide bonds. The first-order chi connectivity index (χ1) is 8.75. The van der Waals surface area contributed by atoms with Gasteiger partial charge in [-0.05, 0) is 10.8 Å². The van der Waals surface area contributed by atoms with Gasteiger partial charge in [0.1, 0.15) is 5.01 Å². The summed E-state index contributed by atoms with van der Waals surface area (Å²) in [5, 5.41) is 13.4. The van der Waals surface area contributed by atoms with Crippen molar-refractivity contribution in [1.29, 1.82) is 0 Å². The van der Waals surface area contributed by atoms with Crippen LogP contribution in [0, 0.1) is 0 Å². The summed E-state index contributed by atoms with van der Waals surface area (Å²) in [4.78, 5) is 15.0. The van der Waals surface area contributed by atoms with E-state index < -0.39 is 5.97 Å². The summed E-state index contributed by atoms with van der Waals surface area (Å²) in [5.74, 6) is -0.988. The van der Waals surface area contributed by atoms with Crippen LogP contribution in [0.4, 0.5) is 0 Å². The molecule has 0 aliphatic heterocycles. The molecule has 4 heteroatoms. The standard InChI is InChI=1S/C14H9NO2S/c16-14(17)12-8-18-13(15-12)11-7-3-5-9-4-1-2-6-10(9)11/h1-8H,(H,16,17). The zero-order valence-corrected chi connectivity index (χ0v) is 10.1. The van der Waals surface area contributed by atoms with Gasteiger partial charge in [-0.1, -0.05) is 42.5 Å². The molecule has 18 heavy (non-hydrogen) atoms. The minimum atomic E-state index is -0.988. The Morgan fingerprint density at radius 2 is 1.89 bits per heavy atom. The number of benzene rings is 2. The van der Waals surface area contributed by atoms with E-state index in [1.165, 1.54) is 11.3 Å². The molecule has 0 bridgehead atoms. The molecule has 3 rings (SSSR count). The number of carboxylic acids is 1. The van der Waals surface area contributed by atoms with Crippen LogP contribution in [0.15, 0.2) is 47.8 Å². The van der Waals surface area contributed by atoms with Crippen molar-refractivity contribution < 1.29 is 9.90 Å². The summed E-state index contributed by atoms with van der Waals surface area (Å²) in [5.41, 5.74) is 1.08. The first kappa shape index (κ1) is 10.9. The van der Waals surface area contributed by atoms with Crippen LogP contribution in [0.3, 0.4) is 0 Å². The van der Waals surface area contributed by atoms with E-state index in [9.17, 15) is 4.79 Å². The molecule has 0 saturated heterocycles. The van der Waals surface area contributed by atoms with Gasteiger partial charge in [0, 0.05) is 10.9 Å². The Bertz CT molecular complexity index is 728. The van der Waals surface area contributed by atoms with Crippen molar-refractivity contribution in [3.05, 3.63) is 53.5 Å². The highest BCUT2D eigenvalue weighted by Gasteiger charge is 2.11. The Morgan fingerprint density at radius 1 is 1.11 bits per heavy atom. The lowest BCUT2D eigenvalue weighted by atomic mass is 10.1. The topological polar surface area (TPSA) is 50.2 Å². The van der Waals surface area contributed by atoms with Crippen molar-refractivity contribution in [2.24, 2.45) is 0 Å². The summed E-state index contributed by atoms with van der Waals surface area (Å²) in [6.07, 6.45) is 0. The summed E-state index contributed by atoms with van der Waals surface area (Å²) >= 11 is 1.35. The van der Waals surface area contributed by atoms with Crippen LogP contribution in [0.5, 0.6) is 0 Å². The molecule has 1 N–H and O–H groups in total. The number of nitrogens with zero attached hydrogens (tertiary/aromatic N) is 1. The van der Waals surface area contributed by atoms with Crippen LogP contribution in [-0.4, -0.2) is 16.1 Å². The molecule has 3 nitrogen and oxygen atoms in total. The number of aromatic carboxylic acids is 1. The van der Waals surface area contributed by atoms with Gasteiger partial charge in [-0.2, -0.15) is 0 Å². The quantitative estimate of drug-likeness (QED) is 0.760. The molecule has 3 aromatic rings.